The van der Waals surface area contributed by atoms with Crippen LogP contribution in [0.5, 0.6) is 5.75 Å². The predicted octanol–water partition coefficient (Wildman–Crippen LogP) is 0.989. The summed E-state index contributed by atoms with van der Waals surface area (Å²) in [7, 11) is 3.74. The topological polar surface area (TPSA) is 94.8 Å². The van der Waals surface area contributed by atoms with Crippen LogP contribution in [0.25, 0.3) is 12.2 Å². The Balaban J connectivity index is 1.57. The molecule has 0 atom stereocenters. The summed E-state index contributed by atoms with van der Waals surface area (Å²) in [5.74, 6) is 3.12. The first-order valence-electron chi connectivity index (χ1n) is 11.7. The highest BCUT2D eigenvalue weighted by atomic mass is 16.5. The number of hydrogen-bond acceptors (Lipinski definition) is 9. The number of aromatic nitrogens is 2. The number of nitrogens with one attached hydrogen (secondary N) is 2. The maximum absolute atomic E-state index is 6.64. The summed E-state index contributed by atoms with van der Waals surface area (Å²) >= 11 is 0. The van der Waals surface area contributed by atoms with Crippen molar-refractivity contribution in [2.24, 2.45) is 0 Å². The second-order valence-electron chi connectivity index (χ2n) is 8.50. The van der Waals surface area contributed by atoms with Gasteiger partial charge in [-0.25, -0.2) is 9.97 Å². The predicted molar refractivity (Wildman–Crippen MR) is 136 cm³/mol. The van der Waals surface area contributed by atoms with Gasteiger partial charge in [0.25, 0.3) is 0 Å². The van der Waals surface area contributed by atoms with Gasteiger partial charge in [0.15, 0.2) is 17.5 Å². The summed E-state index contributed by atoms with van der Waals surface area (Å²) in [5, 5.41) is 6.80. The number of benzene rings is 1. The Morgan fingerprint density at radius 1 is 1.00 bits per heavy atom. The van der Waals surface area contributed by atoms with Gasteiger partial charge < -0.3 is 30.9 Å². The SMILES string of the molecule is COc1ccc(/C=C/c2nc(N(C)CCN3CCNCC3)c(N)c(N3CCNCC3)n2)cc1. The molecular formula is C24H36N8O. The summed E-state index contributed by atoms with van der Waals surface area (Å²) in [4.78, 5) is 16.6. The fourth-order valence-electron chi connectivity index (χ4n) is 4.16. The van der Waals surface area contributed by atoms with Crippen molar-refractivity contribution in [3.8, 4) is 5.75 Å². The molecule has 2 fully saturated rings. The molecular weight excluding hydrogens is 416 g/mol. The first kappa shape index (κ1) is 23.3. The van der Waals surface area contributed by atoms with Gasteiger partial charge in [0, 0.05) is 72.5 Å². The zero-order valence-electron chi connectivity index (χ0n) is 19.8. The van der Waals surface area contributed by atoms with Crippen LogP contribution in [0.4, 0.5) is 17.3 Å². The molecule has 0 amide bonds. The molecule has 0 saturated carbocycles. The standard InChI is InChI=1S/C24H36N8O/c1-30(17-18-31-13-9-26-10-14-31)23-22(25)24(32-15-11-27-12-16-32)29-21(28-23)8-5-19-3-6-20(33-2)7-4-19/h3-8,26-27H,9-18,25H2,1-2H3/b8-5+. The summed E-state index contributed by atoms with van der Waals surface area (Å²) in [6, 6.07) is 7.94. The number of nitrogen functional groups attached to an aromatic ring is 1. The number of nitrogens with zero attached hydrogens (tertiary/aromatic N) is 5. The molecule has 2 aliphatic heterocycles. The Hall–Kier alpha value is -2.88. The molecule has 4 N–H and O–H groups in total. The zero-order chi connectivity index (χ0) is 23.0. The van der Waals surface area contributed by atoms with E-state index in [1.54, 1.807) is 7.11 Å². The van der Waals surface area contributed by atoms with E-state index in [0.29, 0.717) is 11.5 Å². The monoisotopic (exact) mass is 452 g/mol. The molecule has 1 aromatic carbocycles. The number of methoxy groups -OCH3 is 1. The Bertz CT molecular complexity index is 921. The third kappa shape index (κ3) is 6.13. The van der Waals surface area contributed by atoms with Gasteiger partial charge in [-0.3, -0.25) is 4.90 Å². The van der Waals surface area contributed by atoms with Gasteiger partial charge in [-0.05, 0) is 23.8 Å². The van der Waals surface area contributed by atoms with E-state index in [2.05, 4.69) is 32.4 Å². The van der Waals surface area contributed by atoms with Gasteiger partial charge in [0.2, 0.25) is 0 Å². The maximum atomic E-state index is 6.64. The molecule has 33 heavy (non-hydrogen) atoms. The molecule has 2 aromatic rings. The Morgan fingerprint density at radius 2 is 1.67 bits per heavy atom. The van der Waals surface area contributed by atoms with Gasteiger partial charge >= 0.3 is 0 Å². The fraction of sp³-hybridized carbons (Fsp3) is 0.500. The lowest BCUT2D eigenvalue weighted by atomic mass is 10.2. The fourth-order valence-corrected chi connectivity index (χ4v) is 4.16. The second kappa shape index (κ2) is 11.3. The van der Waals surface area contributed by atoms with Gasteiger partial charge in [-0.2, -0.15) is 0 Å². The average Bonchev–Trinajstić information content (AvgIpc) is 2.88. The molecule has 2 saturated heterocycles. The molecule has 0 unspecified atom stereocenters. The van der Waals surface area contributed by atoms with E-state index in [-0.39, 0.29) is 0 Å². The Morgan fingerprint density at radius 3 is 2.33 bits per heavy atom. The Kier molecular flexibility index (Phi) is 7.98. The van der Waals surface area contributed by atoms with Crippen LogP contribution in [0.3, 0.4) is 0 Å². The number of likely N-dealkylation sites (N-methyl/N-ethyl adjacent to an activating group) is 1. The molecule has 2 aliphatic rings. The average molecular weight is 453 g/mol. The number of rotatable bonds is 8. The van der Waals surface area contributed by atoms with Crippen LogP contribution in [-0.2, 0) is 0 Å². The van der Waals surface area contributed by atoms with E-state index in [1.165, 1.54) is 0 Å². The first-order chi connectivity index (χ1) is 16.1. The summed E-state index contributed by atoms with van der Waals surface area (Å²) in [5.41, 5.74) is 8.36. The van der Waals surface area contributed by atoms with Gasteiger partial charge in [-0.1, -0.05) is 18.2 Å². The smallest absolute Gasteiger partial charge is 0.158 e. The highest BCUT2D eigenvalue weighted by Gasteiger charge is 2.21. The van der Waals surface area contributed by atoms with Crippen molar-refractivity contribution in [2.45, 2.75) is 0 Å². The van der Waals surface area contributed by atoms with E-state index in [1.807, 2.05) is 36.4 Å². The molecule has 1 aromatic heterocycles. The molecule has 3 heterocycles. The molecule has 9 heteroatoms. The van der Waals surface area contributed by atoms with Crippen molar-refractivity contribution in [1.82, 2.24) is 25.5 Å². The quantitative estimate of drug-likeness (QED) is 0.542. The minimum Gasteiger partial charge on any atom is -0.497 e. The van der Waals surface area contributed by atoms with Crippen molar-refractivity contribution in [2.75, 3.05) is 95.1 Å². The van der Waals surface area contributed by atoms with Crippen LogP contribution in [0.15, 0.2) is 24.3 Å². The largest absolute Gasteiger partial charge is 0.497 e. The highest BCUT2D eigenvalue weighted by molar-refractivity contribution is 5.78. The van der Waals surface area contributed by atoms with E-state index in [4.69, 9.17) is 20.4 Å². The normalized spacial score (nSPS) is 17.5. The third-order valence-electron chi connectivity index (χ3n) is 6.20. The van der Waals surface area contributed by atoms with Crippen LogP contribution in [0.1, 0.15) is 11.4 Å². The number of nitrogens with two attached hydrogens (primary N) is 1. The van der Waals surface area contributed by atoms with Crippen LogP contribution in [-0.4, -0.2) is 94.5 Å². The van der Waals surface area contributed by atoms with Gasteiger partial charge in [0.1, 0.15) is 11.4 Å². The number of ether oxygens (including phenoxy) is 1. The molecule has 0 bridgehead atoms. The molecule has 0 radical (unpaired) electrons. The highest BCUT2D eigenvalue weighted by Crippen LogP contribution is 2.30. The second-order valence-corrected chi connectivity index (χ2v) is 8.50. The van der Waals surface area contributed by atoms with E-state index < -0.39 is 0 Å². The lowest BCUT2D eigenvalue weighted by Gasteiger charge is -2.32. The first-order valence-corrected chi connectivity index (χ1v) is 11.7. The summed E-state index contributed by atoms with van der Waals surface area (Å²) in [6.07, 6.45) is 3.98. The minimum absolute atomic E-state index is 0.654. The Labute approximate surface area is 196 Å². The van der Waals surface area contributed by atoms with Crippen LogP contribution < -0.4 is 30.9 Å². The molecule has 4 rings (SSSR count). The van der Waals surface area contributed by atoms with Crippen molar-refractivity contribution < 1.29 is 4.74 Å². The number of anilines is 3. The van der Waals surface area contributed by atoms with Crippen molar-refractivity contribution in [3.63, 3.8) is 0 Å². The van der Waals surface area contributed by atoms with Crippen molar-refractivity contribution in [3.05, 3.63) is 35.7 Å². The maximum Gasteiger partial charge on any atom is 0.158 e. The molecule has 178 valence electrons. The lowest BCUT2D eigenvalue weighted by molar-refractivity contribution is 0.246. The van der Waals surface area contributed by atoms with Gasteiger partial charge in [0.05, 0.1) is 7.11 Å². The van der Waals surface area contributed by atoms with Crippen LogP contribution >= 0.6 is 0 Å². The van der Waals surface area contributed by atoms with Crippen LogP contribution in [0.2, 0.25) is 0 Å². The zero-order valence-corrected chi connectivity index (χ0v) is 19.8. The number of hydrogen-bond donors (Lipinski definition) is 3. The summed E-state index contributed by atoms with van der Waals surface area (Å²) < 4.78 is 5.25. The van der Waals surface area contributed by atoms with Gasteiger partial charge in [-0.15, -0.1) is 0 Å². The molecule has 0 aliphatic carbocycles. The van der Waals surface area contributed by atoms with E-state index in [0.717, 1.165) is 88.4 Å². The lowest BCUT2D eigenvalue weighted by Crippen LogP contribution is -2.46. The van der Waals surface area contributed by atoms with E-state index in [9.17, 15) is 0 Å². The van der Waals surface area contributed by atoms with Crippen molar-refractivity contribution in [1.29, 1.82) is 0 Å². The number of piperazine rings is 2. The molecule has 9 nitrogen and oxygen atoms in total. The minimum atomic E-state index is 0.654. The van der Waals surface area contributed by atoms with E-state index >= 15 is 0 Å². The molecule has 0 spiro atoms. The third-order valence-corrected chi connectivity index (χ3v) is 6.20. The summed E-state index contributed by atoms with van der Waals surface area (Å²) in [6.45, 7) is 9.72. The van der Waals surface area contributed by atoms with Crippen molar-refractivity contribution >= 4 is 29.5 Å². The van der Waals surface area contributed by atoms with Crippen LogP contribution in [0, 0.1) is 0 Å².